The number of nitrogens with one attached hydrogen (secondary N) is 1. The van der Waals surface area contributed by atoms with Crippen molar-refractivity contribution in [2.24, 2.45) is 0 Å². The SMILES string of the molecule is Nc1cc2c(cc1Oc1cc(F)ccc1F)CCC(=O)N2. The smallest absolute Gasteiger partial charge is 0.224 e. The van der Waals surface area contributed by atoms with Gasteiger partial charge >= 0.3 is 0 Å². The van der Waals surface area contributed by atoms with Gasteiger partial charge in [0.1, 0.15) is 5.82 Å². The second kappa shape index (κ2) is 5.05. The van der Waals surface area contributed by atoms with Crippen molar-refractivity contribution in [3.8, 4) is 11.5 Å². The summed E-state index contributed by atoms with van der Waals surface area (Å²) in [5, 5.41) is 2.70. The van der Waals surface area contributed by atoms with Gasteiger partial charge in [0.05, 0.1) is 5.69 Å². The number of rotatable bonds is 2. The van der Waals surface area contributed by atoms with Gasteiger partial charge in [-0.05, 0) is 36.2 Å². The van der Waals surface area contributed by atoms with E-state index in [1.807, 2.05) is 0 Å². The third-order valence-corrected chi connectivity index (χ3v) is 3.24. The molecule has 108 valence electrons. The number of nitrogen functional groups attached to an aromatic ring is 1. The van der Waals surface area contributed by atoms with Crippen LogP contribution < -0.4 is 15.8 Å². The second-order valence-corrected chi connectivity index (χ2v) is 4.77. The number of nitrogens with two attached hydrogens (primary N) is 1. The van der Waals surface area contributed by atoms with Gasteiger partial charge in [0.15, 0.2) is 17.3 Å². The zero-order chi connectivity index (χ0) is 15.0. The van der Waals surface area contributed by atoms with Crippen LogP contribution in [0, 0.1) is 11.6 Å². The zero-order valence-corrected chi connectivity index (χ0v) is 11.0. The van der Waals surface area contributed by atoms with E-state index in [0.717, 1.165) is 23.8 Å². The van der Waals surface area contributed by atoms with E-state index in [-0.39, 0.29) is 23.1 Å². The second-order valence-electron chi connectivity index (χ2n) is 4.77. The zero-order valence-electron chi connectivity index (χ0n) is 11.0. The number of carbonyl (C=O) groups is 1. The fourth-order valence-corrected chi connectivity index (χ4v) is 2.19. The average molecular weight is 290 g/mol. The molecule has 21 heavy (non-hydrogen) atoms. The number of halogens is 2. The largest absolute Gasteiger partial charge is 0.452 e. The Kier molecular flexibility index (Phi) is 3.21. The van der Waals surface area contributed by atoms with Gasteiger partial charge in [-0.3, -0.25) is 4.79 Å². The van der Waals surface area contributed by atoms with Crippen molar-refractivity contribution < 1.29 is 18.3 Å². The third kappa shape index (κ3) is 2.65. The van der Waals surface area contributed by atoms with E-state index in [1.54, 1.807) is 12.1 Å². The summed E-state index contributed by atoms with van der Waals surface area (Å²) in [6, 6.07) is 6.14. The lowest BCUT2D eigenvalue weighted by molar-refractivity contribution is -0.116. The normalized spacial score (nSPS) is 13.5. The summed E-state index contributed by atoms with van der Waals surface area (Å²) in [7, 11) is 0. The molecular weight excluding hydrogens is 278 g/mol. The molecule has 1 aliphatic heterocycles. The van der Waals surface area contributed by atoms with Gasteiger partial charge in [0, 0.05) is 18.2 Å². The number of hydrogen-bond donors (Lipinski definition) is 2. The fraction of sp³-hybridized carbons (Fsp3) is 0.133. The number of carbonyl (C=O) groups excluding carboxylic acids is 1. The van der Waals surface area contributed by atoms with Crippen LogP contribution in [-0.2, 0) is 11.2 Å². The first-order chi connectivity index (χ1) is 10.0. The molecule has 0 fully saturated rings. The number of hydrogen-bond acceptors (Lipinski definition) is 3. The number of benzene rings is 2. The summed E-state index contributed by atoms with van der Waals surface area (Å²) >= 11 is 0. The molecule has 3 rings (SSSR count). The molecule has 1 aliphatic rings. The summed E-state index contributed by atoms with van der Waals surface area (Å²) in [6.45, 7) is 0. The molecule has 2 aromatic rings. The van der Waals surface area contributed by atoms with Gasteiger partial charge in [-0.2, -0.15) is 0 Å². The predicted molar refractivity (Wildman–Crippen MR) is 74.2 cm³/mol. The minimum Gasteiger partial charge on any atom is -0.452 e. The molecule has 3 N–H and O–H groups in total. The molecule has 0 bridgehead atoms. The summed E-state index contributed by atoms with van der Waals surface area (Å²) in [5.41, 5.74) is 7.53. The van der Waals surface area contributed by atoms with Crippen molar-refractivity contribution in [1.29, 1.82) is 0 Å². The molecule has 0 aromatic heterocycles. The maximum Gasteiger partial charge on any atom is 0.224 e. The van der Waals surface area contributed by atoms with E-state index in [9.17, 15) is 13.6 Å². The monoisotopic (exact) mass is 290 g/mol. The molecule has 0 spiro atoms. The van der Waals surface area contributed by atoms with Gasteiger partial charge in [0.25, 0.3) is 0 Å². The van der Waals surface area contributed by atoms with Crippen molar-refractivity contribution in [1.82, 2.24) is 0 Å². The molecule has 0 unspecified atom stereocenters. The molecule has 4 nitrogen and oxygen atoms in total. The Bertz CT molecular complexity index is 732. The quantitative estimate of drug-likeness (QED) is 0.835. The molecule has 0 aliphatic carbocycles. The van der Waals surface area contributed by atoms with Crippen LogP contribution in [-0.4, -0.2) is 5.91 Å². The van der Waals surface area contributed by atoms with Crippen LogP contribution in [0.1, 0.15) is 12.0 Å². The maximum atomic E-state index is 13.6. The molecule has 0 saturated heterocycles. The first kappa shape index (κ1) is 13.4. The predicted octanol–water partition coefficient (Wildman–Crippen LogP) is 3.22. The Hall–Kier alpha value is -2.63. The summed E-state index contributed by atoms with van der Waals surface area (Å²) in [6.07, 6.45) is 0.911. The molecule has 6 heteroatoms. The van der Waals surface area contributed by atoms with Crippen molar-refractivity contribution in [2.75, 3.05) is 11.1 Å². The van der Waals surface area contributed by atoms with Crippen LogP contribution >= 0.6 is 0 Å². The van der Waals surface area contributed by atoms with Crippen LogP contribution in [0.15, 0.2) is 30.3 Å². The Morgan fingerprint density at radius 2 is 1.90 bits per heavy atom. The lowest BCUT2D eigenvalue weighted by Gasteiger charge is -2.19. The van der Waals surface area contributed by atoms with Crippen LogP contribution in [0.3, 0.4) is 0 Å². The number of amides is 1. The summed E-state index contributed by atoms with van der Waals surface area (Å²) in [4.78, 5) is 11.3. The van der Waals surface area contributed by atoms with E-state index >= 15 is 0 Å². The van der Waals surface area contributed by atoms with Crippen molar-refractivity contribution in [3.05, 3.63) is 47.5 Å². The summed E-state index contributed by atoms with van der Waals surface area (Å²) < 4.78 is 32.1. The van der Waals surface area contributed by atoms with Crippen molar-refractivity contribution >= 4 is 17.3 Å². The van der Waals surface area contributed by atoms with E-state index < -0.39 is 11.6 Å². The molecule has 2 aromatic carbocycles. The minimum absolute atomic E-state index is 0.0771. The van der Waals surface area contributed by atoms with E-state index in [4.69, 9.17) is 10.5 Å². The Labute approximate surface area is 119 Å². The average Bonchev–Trinajstić information content (AvgIpc) is 2.44. The van der Waals surface area contributed by atoms with E-state index in [1.165, 1.54) is 0 Å². The highest BCUT2D eigenvalue weighted by Gasteiger charge is 2.18. The molecule has 0 saturated carbocycles. The van der Waals surface area contributed by atoms with E-state index in [2.05, 4.69) is 5.32 Å². The molecule has 1 amide bonds. The summed E-state index contributed by atoms with van der Waals surface area (Å²) in [5.74, 6) is -1.36. The van der Waals surface area contributed by atoms with Gasteiger partial charge in [-0.1, -0.05) is 0 Å². The highest BCUT2D eigenvalue weighted by Crippen LogP contribution is 2.35. The third-order valence-electron chi connectivity index (χ3n) is 3.24. The van der Waals surface area contributed by atoms with Gasteiger partial charge < -0.3 is 15.8 Å². The fourth-order valence-electron chi connectivity index (χ4n) is 2.19. The van der Waals surface area contributed by atoms with Crippen LogP contribution in [0.5, 0.6) is 11.5 Å². The van der Waals surface area contributed by atoms with Gasteiger partial charge in [-0.15, -0.1) is 0 Å². The van der Waals surface area contributed by atoms with Gasteiger partial charge in [0.2, 0.25) is 5.91 Å². The number of anilines is 2. The first-order valence-electron chi connectivity index (χ1n) is 6.38. The molecule has 1 heterocycles. The topological polar surface area (TPSA) is 64.3 Å². The van der Waals surface area contributed by atoms with Crippen molar-refractivity contribution in [3.63, 3.8) is 0 Å². The number of ether oxygens (including phenoxy) is 1. The van der Waals surface area contributed by atoms with Gasteiger partial charge in [-0.25, -0.2) is 8.78 Å². The number of fused-ring (bicyclic) bond motifs is 1. The first-order valence-corrected chi connectivity index (χ1v) is 6.38. The standard InChI is InChI=1S/C15H12F2N2O2/c16-9-2-3-10(17)13(6-9)21-14-5-8-1-4-15(20)19-12(8)7-11(14)18/h2-3,5-7H,1,4,18H2,(H,19,20). The molecule has 0 atom stereocenters. The number of aryl methyl sites for hydroxylation is 1. The Morgan fingerprint density at radius 3 is 2.71 bits per heavy atom. The minimum atomic E-state index is -0.679. The lowest BCUT2D eigenvalue weighted by atomic mass is 10.0. The Morgan fingerprint density at radius 1 is 1.10 bits per heavy atom. The van der Waals surface area contributed by atoms with Crippen molar-refractivity contribution in [2.45, 2.75) is 12.8 Å². The lowest BCUT2D eigenvalue weighted by Crippen LogP contribution is -2.19. The Balaban J connectivity index is 1.96. The van der Waals surface area contributed by atoms with Crippen LogP contribution in [0.4, 0.5) is 20.2 Å². The highest BCUT2D eigenvalue weighted by molar-refractivity contribution is 5.94. The van der Waals surface area contributed by atoms with Crippen LogP contribution in [0.25, 0.3) is 0 Å². The molecular formula is C15H12F2N2O2. The maximum absolute atomic E-state index is 13.6. The van der Waals surface area contributed by atoms with Crippen LogP contribution in [0.2, 0.25) is 0 Å². The van der Waals surface area contributed by atoms with E-state index in [0.29, 0.717) is 18.5 Å². The molecule has 0 radical (unpaired) electrons. The highest BCUT2D eigenvalue weighted by atomic mass is 19.1.